The fraction of sp³-hybridized carbons (Fsp3) is 0.211. The lowest BCUT2D eigenvalue weighted by Crippen LogP contribution is -2.35. The van der Waals surface area contributed by atoms with Gasteiger partial charge < -0.3 is 9.64 Å². The second kappa shape index (κ2) is 6.65. The summed E-state index contributed by atoms with van der Waals surface area (Å²) in [4.78, 5) is 14.3. The number of benzene rings is 2. The maximum Gasteiger partial charge on any atom is 0.258 e. The predicted octanol–water partition coefficient (Wildman–Crippen LogP) is 3.76. The van der Waals surface area contributed by atoms with Crippen molar-refractivity contribution in [1.29, 1.82) is 0 Å². The summed E-state index contributed by atoms with van der Waals surface area (Å²) in [5, 5.41) is 0. The third kappa shape index (κ3) is 3.26. The fourth-order valence-corrected chi connectivity index (χ4v) is 2.79. The van der Waals surface area contributed by atoms with E-state index in [0.29, 0.717) is 18.8 Å². The average Bonchev–Trinajstić information content (AvgIpc) is 2.62. The van der Waals surface area contributed by atoms with Gasteiger partial charge in [-0.25, -0.2) is 4.39 Å². The summed E-state index contributed by atoms with van der Waals surface area (Å²) in [6.07, 6.45) is 2.84. The highest BCUT2D eigenvalue weighted by molar-refractivity contribution is 5.97. The van der Waals surface area contributed by atoms with E-state index in [1.807, 2.05) is 18.2 Å². The minimum Gasteiger partial charge on any atom is -0.496 e. The summed E-state index contributed by atoms with van der Waals surface area (Å²) >= 11 is 0. The zero-order chi connectivity index (χ0) is 16.2. The zero-order valence-electron chi connectivity index (χ0n) is 13.0. The number of ether oxygens (including phenoxy) is 1. The summed E-state index contributed by atoms with van der Waals surface area (Å²) in [6, 6.07) is 14.1. The summed E-state index contributed by atoms with van der Waals surface area (Å²) in [5.41, 5.74) is 2.69. The molecule has 0 bridgehead atoms. The highest BCUT2D eigenvalue weighted by Gasteiger charge is 2.22. The van der Waals surface area contributed by atoms with Crippen LogP contribution in [0.5, 0.6) is 5.75 Å². The quantitative estimate of drug-likeness (QED) is 0.863. The molecular formula is C19H18FNO2. The number of hydrogen-bond donors (Lipinski definition) is 0. The number of methoxy groups -OCH3 is 1. The molecule has 0 N–H and O–H groups in total. The molecule has 0 spiro atoms. The lowest BCUT2D eigenvalue weighted by molar-refractivity contribution is 0.0769. The molecular weight excluding hydrogens is 293 g/mol. The van der Waals surface area contributed by atoms with Crippen LogP contribution in [0.15, 0.2) is 54.6 Å². The van der Waals surface area contributed by atoms with Crippen LogP contribution in [0, 0.1) is 5.82 Å². The van der Waals surface area contributed by atoms with E-state index in [9.17, 15) is 9.18 Å². The van der Waals surface area contributed by atoms with Gasteiger partial charge in [-0.2, -0.15) is 0 Å². The number of nitrogens with zero attached hydrogens (tertiary/aromatic N) is 1. The van der Waals surface area contributed by atoms with Crippen molar-refractivity contribution in [2.24, 2.45) is 0 Å². The molecule has 0 aliphatic carbocycles. The van der Waals surface area contributed by atoms with Crippen molar-refractivity contribution >= 4 is 11.5 Å². The van der Waals surface area contributed by atoms with Gasteiger partial charge in [-0.05, 0) is 35.8 Å². The van der Waals surface area contributed by atoms with Crippen LogP contribution in [0.1, 0.15) is 22.3 Å². The average molecular weight is 311 g/mol. The predicted molar refractivity (Wildman–Crippen MR) is 87.9 cm³/mol. The molecule has 0 aromatic heterocycles. The number of carbonyl (C=O) groups excluding carboxylic acids is 1. The zero-order valence-corrected chi connectivity index (χ0v) is 13.0. The molecule has 0 atom stereocenters. The van der Waals surface area contributed by atoms with E-state index in [0.717, 1.165) is 6.42 Å². The van der Waals surface area contributed by atoms with Crippen molar-refractivity contribution in [2.45, 2.75) is 6.42 Å². The van der Waals surface area contributed by atoms with Gasteiger partial charge in [0.05, 0.1) is 12.7 Å². The highest BCUT2D eigenvalue weighted by Crippen LogP contribution is 2.25. The van der Waals surface area contributed by atoms with Crippen molar-refractivity contribution < 1.29 is 13.9 Å². The largest absolute Gasteiger partial charge is 0.496 e. The second-order valence-corrected chi connectivity index (χ2v) is 5.44. The molecule has 2 aromatic carbocycles. The molecule has 1 aliphatic rings. The van der Waals surface area contributed by atoms with Crippen molar-refractivity contribution in [3.8, 4) is 5.75 Å². The Bertz CT molecular complexity index is 740. The Labute approximate surface area is 135 Å². The van der Waals surface area contributed by atoms with Crippen LogP contribution in [0.4, 0.5) is 4.39 Å². The van der Waals surface area contributed by atoms with Gasteiger partial charge in [0.1, 0.15) is 11.6 Å². The third-order valence-electron chi connectivity index (χ3n) is 4.03. The maximum absolute atomic E-state index is 13.5. The topological polar surface area (TPSA) is 29.5 Å². The van der Waals surface area contributed by atoms with Crippen LogP contribution in [-0.2, 0) is 0 Å². The minimum absolute atomic E-state index is 0.204. The molecule has 1 heterocycles. The van der Waals surface area contributed by atoms with Crippen molar-refractivity contribution in [3.05, 3.63) is 71.6 Å². The highest BCUT2D eigenvalue weighted by atomic mass is 19.1. The Balaban J connectivity index is 1.79. The van der Waals surface area contributed by atoms with Crippen LogP contribution in [0.2, 0.25) is 0 Å². The van der Waals surface area contributed by atoms with Gasteiger partial charge in [0, 0.05) is 13.1 Å². The molecule has 3 rings (SSSR count). The van der Waals surface area contributed by atoms with Crippen molar-refractivity contribution in [2.75, 3.05) is 20.2 Å². The standard InChI is InChI=1S/C19H18FNO2/c1-23-18-8-7-16(20)13-17(18)19(22)21-11-9-15(10-12-21)14-5-3-2-4-6-14/h2-9,13H,10-12H2,1H3. The fourth-order valence-electron chi connectivity index (χ4n) is 2.79. The molecule has 1 aliphatic heterocycles. The molecule has 0 fully saturated rings. The summed E-state index contributed by atoms with van der Waals surface area (Å²) in [7, 11) is 1.48. The lowest BCUT2D eigenvalue weighted by atomic mass is 9.99. The Morgan fingerprint density at radius 3 is 2.61 bits per heavy atom. The molecule has 0 saturated carbocycles. The second-order valence-electron chi connectivity index (χ2n) is 5.44. The van der Waals surface area contributed by atoms with Gasteiger partial charge in [0.25, 0.3) is 5.91 Å². The number of halogens is 1. The lowest BCUT2D eigenvalue weighted by Gasteiger charge is -2.27. The third-order valence-corrected chi connectivity index (χ3v) is 4.03. The van der Waals surface area contributed by atoms with Crippen LogP contribution in [0.3, 0.4) is 0 Å². The SMILES string of the molecule is COc1ccc(F)cc1C(=O)N1CC=C(c2ccccc2)CC1. The van der Waals surface area contributed by atoms with Gasteiger partial charge in [-0.1, -0.05) is 36.4 Å². The molecule has 4 heteroatoms. The molecule has 0 unspecified atom stereocenters. The first-order valence-corrected chi connectivity index (χ1v) is 7.56. The first-order chi connectivity index (χ1) is 11.2. The molecule has 3 nitrogen and oxygen atoms in total. The maximum atomic E-state index is 13.5. The normalized spacial score (nSPS) is 14.3. The molecule has 0 radical (unpaired) electrons. The molecule has 118 valence electrons. The van der Waals surface area contributed by atoms with Gasteiger partial charge in [0.2, 0.25) is 0 Å². The number of amides is 1. The van der Waals surface area contributed by atoms with E-state index in [4.69, 9.17) is 4.74 Å². The number of carbonyl (C=O) groups is 1. The number of hydrogen-bond acceptors (Lipinski definition) is 2. The Morgan fingerprint density at radius 2 is 1.96 bits per heavy atom. The van der Waals surface area contributed by atoms with E-state index >= 15 is 0 Å². The summed E-state index contributed by atoms with van der Waals surface area (Å²) in [6.45, 7) is 1.13. The monoisotopic (exact) mass is 311 g/mol. The van der Waals surface area contributed by atoms with E-state index in [2.05, 4.69) is 18.2 Å². The number of rotatable bonds is 3. The van der Waals surface area contributed by atoms with Crippen LogP contribution >= 0.6 is 0 Å². The van der Waals surface area contributed by atoms with Gasteiger partial charge in [-0.15, -0.1) is 0 Å². The summed E-state index contributed by atoms with van der Waals surface area (Å²) < 4.78 is 18.6. The van der Waals surface area contributed by atoms with Gasteiger partial charge in [0.15, 0.2) is 0 Å². The van der Waals surface area contributed by atoms with E-state index < -0.39 is 5.82 Å². The first kappa shape index (κ1) is 15.3. The summed E-state index contributed by atoms with van der Waals surface area (Å²) in [5.74, 6) is -0.245. The van der Waals surface area contributed by atoms with Crippen LogP contribution in [0.25, 0.3) is 5.57 Å². The first-order valence-electron chi connectivity index (χ1n) is 7.56. The van der Waals surface area contributed by atoms with E-state index in [-0.39, 0.29) is 11.5 Å². The van der Waals surface area contributed by atoms with Crippen LogP contribution < -0.4 is 4.74 Å². The van der Waals surface area contributed by atoms with Crippen molar-refractivity contribution in [1.82, 2.24) is 4.90 Å². The van der Waals surface area contributed by atoms with Gasteiger partial charge in [-0.3, -0.25) is 4.79 Å². The molecule has 1 amide bonds. The van der Waals surface area contributed by atoms with E-state index in [1.165, 1.54) is 36.4 Å². The van der Waals surface area contributed by atoms with Crippen LogP contribution in [-0.4, -0.2) is 31.0 Å². The molecule has 0 saturated heterocycles. The Kier molecular flexibility index (Phi) is 4.42. The Morgan fingerprint density at radius 1 is 1.17 bits per heavy atom. The molecule has 23 heavy (non-hydrogen) atoms. The Hall–Kier alpha value is -2.62. The van der Waals surface area contributed by atoms with E-state index in [1.54, 1.807) is 4.90 Å². The van der Waals surface area contributed by atoms with Gasteiger partial charge >= 0.3 is 0 Å². The molecule has 2 aromatic rings. The smallest absolute Gasteiger partial charge is 0.258 e. The van der Waals surface area contributed by atoms with Crippen molar-refractivity contribution in [3.63, 3.8) is 0 Å². The minimum atomic E-state index is -0.438.